The van der Waals surface area contributed by atoms with Gasteiger partial charge in [0.05, 0.1) is 48.0 Å². The fourth-order valence-electron chi connectivity index (χ4n) is 7.78. The summed E-state index contributed by atoms with van der Waals surface area (Å²) in [5.74, 6) is 1.25. The molecule has 2 aliphatic heterocycles. The average molecular weight is 789 g/mol. The third-order valence-electron chi connectivity index (χ3n) is 10.6. The maximum absolute atomic E-state index is 13.4. The summed E-state index contributed by atoms with van der Waals surface area (Å²) < 4.78 is 41.6. The second kappa shape index (κ2) is 16.3. The van der Waals surface area contributed by atoms with Gasteiger partial charge in [0.2, 0.25) is 6.29 Å². The molecule has 58 heavy (non-hydrogen) atoms. The summed E-state index contributed by atoms with van der Waals surface area (Å²) in [4.78, 5) is 47.7. The molecule has 4 heterocycles. The van der Waals surface area contributed by atoms with Gasteiger partial charge in [-0.1, -0.05) is 61.5 Å². The van der Waals surface area contributed by atoms with E-state index in [9.17, 15) is 14.4 Å². The first-order valence-corrected chi connectivity index (χ1v) is 19.3. The van der Waals surface area contributed by atoms with E-state index in [0.29, 0.717) is 17.7 Å². The third-order valence-corrected chi connectivity index (χ3v) is 10.6. The second-order valence-electron chi connectivity index (χ2n) is 14.5. The first-order chi connectivity index (χ1) is 28.1. The van der Waals surface area contributed by atoms with Gasteiger partial charge in [-0.05, 0) is 65.9 Å². The van der Waals surface area contributed by atoms with Gasteiger partial charge in [0.1, 0.15) is 23.9 Å². The normalized spacial score (nSPS) is 19.2. The van der Waals surface area contributed by atoms with Crippen LogP contribution in [-0.4, -0.2) is 88.4 Å². The Labute approximate surface area is 334 Å². The Morgan fingerprint density at radius 1 is 0.828 bits per heavy atom. The minimum absolute atomic E-state index is 0.00876. The fraction of sp³-hybridized carbons (Fsp3) is 0.341. The number of aromatic nitrogens is 4. The van der Waals surface area contributed by atoms with Gasteiger partial charge in [0.15, 0.2) is 12.2 Å². The van der Waals surface area contributed by atoms with E-state index in [2.05, 4.69) is 58.1 Å². The van der Waals surface area contributed by atoms with E-state index in [1.807, 2.05) is 49.5 Å². The zero-order valence-electron chi connectivity index (χ0n) is 32.9. The topological polar surface area (TPSA) is 151 Å². The highest BCUT2D eigenvalue weighted by Crippen LogP contribution is 2.33. The van der Waals surface area contributed by atoms with Gasteiger partial charge in [-0.25, -0.2) is 24.4 Å². The molecule has 2 aromatic heterocycles. The predicted molar refractivity (Wildman–Crippen MR) is 212 cm³/mol. The van der Waals surface area contributed by atoms with Gasteiger partial charge in [-0.15, -0.1) is 0 Å². The number of hydrogen-bond donors (Lipinski definition) is 0. The number of nitrogens with zero attached hydrogens (tertiary/aromatic N) is 4. The van der Waals surface area contributed by atoms with Gasteiger partial charge in [-0.3, -0.25) is 0 Å². The number of aryl methyl sites for hydroxylation is 3. The number of benzene rings is 4. The molecule has 14 nitrogen and oxygen atoms in total. The molecular weight excluding hydrogens is 745 g/mol. The van der Waals surface area contributed by atoms with Crippen LogP contribution in [0.1, 0.15) is 47.6 Å². The molecule has 4 aromatic carbocycles. The minimum Gasteiger partial charge on any atom is -0.438 e. The first-order valence-electron chi connectivity index (χ1n) is 19.3. The molecule has 2 aliphatic rings. The molecule has 0 radical (unpaired) electrons. The Bertz CT molecular complexity index is 2490. The highest BCUT2D eigenvalue weighted by Gasteiger charge is 2.51. The van der Waals surface area contributed by atoms with Crippen molar-refractivity contribution in [2.45, 2.75) is 70.9 Å². The van der Waals surface area contributed by atoms with Crippen molar-refractivity contribution in [3.8, 4) is 22.5 Å². The van der Waals surface area contributed by atoms with Crippen molar-refractivity contribution in [1.82, 2.24) is 19.1 Å². The van der Waals surface area contributed by atoms with Gasteiger partial charge >= 0.3 is 18.3 Å². The maximum atomic E-state index is 13.4. The van der Waals surface area contributed by atoms with Crippen LogP contribution in [-0.2, 0) is 53.2 Å². The number of hydrogen-bond acceptors (Lipinski definition) is 12. The molecular formula is C44H44N4O10. The molecule has 0 amide bonds. The Hall–Kier alpha value is -6.25. The van der Waals surface area contributed by atoms with Crippen molar-refractivity contribution in [3.05, 3.63) is 107 Å². The lowest BCUT2D eigenvalue weighted by Crippen LogP contribution is -2.36. The molecule has 14 heteroatoms. The monoisotopic (exact) mass is 788 g/mol. The Morgan fingerprint density at radius 2 is 1.52 bits per heavy atom. The largest absolute Gasteiger partial charge is 0.511 e. The molecule has 0 N–H and O–H groups in total. The van der Waals surface area contributed by atoms with Crippen LogP contribution in [0.5, 0.6) is 0 Å². The van der Waals surface area contributed by atoms with E-state index in [0.717, 1.165) is 68.8 Å². The zero-order chi connectivity index (χ0) is 40.5. The van der Waals surface area contributed by atoms with Crippen LogP contribution in [0.4, 0.5) is 9.59 Å². The Kier molecular flexibility index (Phi) is 10.9. The molecule has 0 bridgehead atoms. The lowest BCUT2D eigenvalue weighted by Gasteiger charge is -2.19. The molecule has 6 aromatic rings. The second-order valence-corrected chi connectivity index (χ2v) is 14.5. The summed E-state index contributed by atoms with van der Waals surface area (Å²) in [6.45, 7) is 6.35. The number of ether oxygens (including phenoxy) is 7. The van der Waals surface area contributed by atoms with Crippen molar-refractivity contribution < 1.29 is 47.5 Å². The van der Waals surface area contributed by atoms with E-state index in [4.69, 9.17) is 38.4 Å². The van der Waals surface area contributed by atoms with E-state index in [1.165, 1.54) is 14.0 Å². The predicted octanol–water partition coefficient (Wildman–Crippen LogP) is 7.54. The van der Waals surface area contributed by atoms with Gasteiger partial charge in [0, 0.05) is 32.5 Å². The quantitative estimate of drug-likeness (QED) is 0.0725. The molecule has 0 aliphatic carbocycles. The number of methoxy groups -OCH3 is 1. The fourth-order valence-corrected chi connectivity index (χ4v) is 7.78. The number of carbonyl (C=O) groups is 3. The smallest absolute Gasteiger partial charge is 0.438 e. The van der Waals surface area contributed by atoms with E-state index in [-0.39, 0.29) is 13.2 Å². The van der Waals surface area contributed by atoms with Crippen LogP contribution in [0.25, 0.3) is 44.6 Å². The molecule has 300 valence electrons. The van der Waals surface area contributed by atoms with Crippen LogP contribution >= 0.6 is 0 Å². The summed E-state index contributed by atoms with van der Waals surface area (Å²) in [6.07, 6.45) is -4.21. The molecule has 2 saturated heterocycles. The van der Waals surface area contributed by atoms with E-state index < -0.39 is 49.0 Å². The zero-order valence-corrected chi connectivity index (χ0v) is 32.9. The summed E-state index contributed by atoms with van der Waals surface area (Å²) in [5.41, 5.74) is 9.03. The molecule has 5 atom stereocenters. The summed E-state index contributed by atoms with van der Waals surface area (Å²) in [6, 6.07) is 27.7. The van der Waals surface area contributed by atoms with Crippen molar-refractivity contribution in [2.75, 3.05) is 20.3 Å². The number of fused-ring (bicyclic) bond motifs is 3. The minimum atomic E-state index is -1.27. The number of esters is 1. The summed E-state index contributed by atoms with van der Waals surface area (Å²) in [7, 11) is 3.25. The van der Waals surface area contributed by atoms with E-state index in [1.54, 1.807) is 12.1 Å². The maximum Gasteiger partial charge on any atom is 0.511 e. The third kappa shape index (κ3) is 7.60. The number of carbonyl (C=O) groups excluding carboxylic acids is 3. The molecule has 2 fully saturated rings. The van der Waals surface area contributed by atoms with Gasteiger partial charge in [0.25, 0.3) is 0 Å². The summed E-state index contributed by atoms with van der Waals surface area (Å²) in [5, 5.41) is 0. The number of rotatable bonds is 11. The molecule has 0 spiro atoms. The van der Waals surface area contributed by atoms with Crippen LogP contribution in [0.2, 0.25) is 0 Å². The SMILES string of the molecule is CCCc1nc2c(C)cc(-c3nc4ccccc4n3C)cc2n1Cc1ccc(-c2ccccc2C(=O)OC(C)OC(=O)O[C@H]2CO[C@H]3[C@@H]2OC[C@@H]3OC(=O)OC)cc1. The van der Waals surface area contributed by atoms with Crippen LogP contribution in [0, 0.1) is 6.92 Å². The first kappa shape index (κ1) is 38.6. The highest BCUT2D eigenvalue weighted by molar-refractivity contribution is 5.97. The number of para-hydroxylation sites is 2. The van der Waals surface area contributed by atoms with Crippen LogP contribution in [0.3, 0.4) is 0 Å². The van der Waals surface area contributed by atoms with Crippen molar-refractivity contribution in [3.63, 3.8) is 0 Å². The average Bonchev–Trinajstić information content (AvgIpc) is 3.99. The van der Waals surface area contributed by atoms with Gasteiger partial charge in [-0.2, -0.15) is 0 Å². The van der Waals surface area contributed by atoms with Crippen molar-refractivity contribution in [2.24, 2.45) is 7.05 Å². The van der Waals surface area contributed by atoms with Crippen molar-refractivity contribution in [1.29, 1.82) is 0 Å². The van der Waals surface area contributed by atoms with Crippen LogP contribution in [0.15, 0.2) is 84.9 Å². The molecule has 8 rings (SSSR count). The Balaban J connectivity index is 0.949. The molecule has 0 saturated carbocycles. The highest BCUT2D eigenvalue weighted by atomic mass is 16.8. The lowest BCUT2D eigenvalue weighted by atomic mass is 9.98. The van der Waals surface area contributed by atoms with Crippen molar-refractivity contribution >= 4 is 40.3 Å². The standard InChI is InChI=1S/C44H44N4O10/c1-6-11-37-46-38-25(2)20-29(41-45-32-14-9-10-15-33(32)47(41)4)21-34(38)48(37)22-27-16-18-28(19-17-27)30-12-7-8-13-31(30)42(49)55-26(3)56-44(51)58-36-24-54-39-35(23-53-40(36)39)57-43(50)52-5/h7-10,12-21,26,35-36,39-40H,6,11,22-24H2,1-5H3/t26?,35-,36-,39+,40+/m0/s1. The summed E-state index contributed by atoms with van der Waals surface area (Å²) >= 11 is 0. The molecule has 1 unspecified atom stereocenters. The Morgan fingerprint density at radius 3 is 2.22 bits per heavy atom. The van der Waals surface area contributed by atoms with Crippen LogP contribution < -0.4 is 0 Å². The lowest BCUT2D eigenvalue weighted by molar-refractivity contribution is -0.0988. The van der Waals surface area contributed by atoms with Gasteiger partial charge < -0.3 is 42.3 Å². The number of imidazole rings is 2. The van der Waals surface area contributed by atoms with E-state index >= 15 is 0 Å².